The fourth-order valence-corrected chi connectivity index (χ4v) is 4.60. The SMILES string of the molecule is CCNC(=NCc1ccnc(N2CCCCC2)c1)NCC1(CCOC)CCCC1. The predicted octanol–water partition coefficient (Wildman–Crippen LogP) is 3.72. The molecule has 0 bridgehead atoms. The number of hydrogen-bond acceptors (Lipinski definition) is 4. The summed E-state index contributed by atoms with van der Waals surface area (Å²) in [4.78, 5) is 11.8. The van der Waals surface area contributed by atoms with Crippen molar-refractivity contribution in [3.05, 3.63) is 23.9 Å². The summed E-state index contributed by atoms with van der Waals surface area (Å²) in [5.74, 6) is 2.01. The van der Waals surface area contributed by atoms with Gasteiger partial charge in [0, 0.05) is 46.1 Å². The summed E-state index contributed by atoms with van der Waals surface area (Å²) in [6.45, 7) is 7.70. The minimum Gasteiger partial charge on any atom is -0.385 e. The van der Waals surface area contributed by atoms with Crippen LogP contribution in [-0.4, -0.2) is 50.8 Å². The second-order valence-electron chi connectivity index (χ2n) is 8.57. The Morgan fingerprint density at radius 3 is 2.69 bits per heavy atom. The van der Waals surface area contributed by atoms with Gasteiger partial charge < -0.3 is 20.3 Å². The van der Waals surface area contributed by atoms with Crippen molar-refractivity contribution in [2.75, 3.05) is 44.8 Å². The standard InChI is InChI=1S/C23H39N5O/c1-3-24-22(27-19-23(12-16-29-2)10-5-6-11-23)26-18-20-9-13-25-21(17-20)28-14-7-4-8-15-28/h9,13,17H,3-8,10-12,14-16,18-19H2,1-2H3,(H2,24,26,27). The van der Waals surface area contributed by atoms with Crippen LogP contribution in [-0.2, 0) is 11.3 Å². The maximum Gasteiger partial charge on any atom is 0.191 e. The molecule has 162 valence electrons. The normalized spacial score (nSPS) is 19.4. The van der Waals surface area contributed by atoms with Crippen molar-refractivity contribution in [2.45, 2.75) is 64.8 Å². The zero-order chi connectivity index (χ0) is 20.4. The minimum atomic E-state index is 0.351. The van der Waals surface area contributed by atoms with Gasteiger partial charge in [0.2, 0.25) is 0 Å². The Bertz CT molecular complexity index is 636. The highest BCUT2D eigenvalue weighted by molar-refractivity contribution is 5.79. The van der Waals surface area contributed by atoms with Crippen molar-refractivity contribution in [1.29, 1.82) is 0 Å². The van der Waals surface area contributed by atoms with E-state index in [1.807, 2.05) is 6.20 Å². The third kappa shape index (κ3) is 6.59. The van der Waals surface area contributed by atoms with Crippen LogP contribution in [0.4, 0.5) is 5.82 Å². The van der Waals surface area contributed by atoms with E-state index in [-0.39, 0.29) is 0 Å². The summed E-state index contributed by atoms with van der Waals surface area (Å²) in [5, 5.41) is 7.03. The van der Waals surface area contributed by atoms with Crippen LogP contribution in [0, 0.1) is 5.41 Å². The van der Waals surface area contributed by atoms with E-state index in [1.165, 1.54) is 50.5 Å². The molecule has 6 nitrogen and oxygen atoms in total. The lowest BCUT2D eigenvalue weighted by molar-refractivity contribution is 0.138. The fourth-order valence-electron chi connectivity index (χ4n) is 4.60. The number of ether oxygens (including phenoxy) is 1. The fraction of sp³-hybridized carbons (Fsp3) is 0.739. The number of nitrogens with one attached hydrogen (secondary N) is 2. The first-order valence-electron chi connectivity index (χ1n) is 11.5. The van der Waals surface area contributed by atoms with E-state index in [2.05, 4.69) is 39.6 Å². The van der Waals surface area contributed by atoms with Gasteiger partial charge in [0.25, 0.3) is 0 Å². The first-order valence-corrected chi connectivity index (χ1v) is 11.5. The van der Waals surface area contributed by atoms with Gasteiger partial charge >= 0.3 is 0 Å². The maximum absolute atomic E-state index is 5.37. The van der Waals surface area contributed by atoms with Crippen molar-refractivity contribution in [2.24, 2.45) is 10.4 Å². The molecule has 2 fully saturated rings. The Kier molecular flexibility index (Phi) is 8.59. The van der Waals surface area contributed by atoms with E-state index in [1.54, 1.807) is 7.11 Å². The maximum atomic E-state index is 5.37. The molecule has 0 spiro atoms. The Balaban J connectivity index is 1.60. The van der Waals surface area contributed by atoms with Gasteiger partial charge in [-0.1, -0.05) is 12.8 Å². The number of rotatable bonds is 9. The predicted molar refractivity (Wildman–Crippen MR) is 121 cm³/mol. The first-order chi connectivity index (χ1) is 14.2. The summed E-state index contributed by atoms with van der Waals surface area (Å²) >= 11 is 0. The molecule has 6 heteroatoms. The molecule has 1 saturated heterocycles. The Morgan fingerprint density at radius 1 is 1.17 bits per heavy atom. The van der Waals surface area contributed by atoms with Crippen LogP contribution in [0.15, 0.2) is 23.3 Å². The molecule has 1 aliphatic carbocycles. The van der Waals surface area contributed by atoms with Crippen molar-refractivity contribution in [3.63, 3.8) is 0 Å². The lowest BCUT2D eigenvalue weighted by atomic mass is 9.83. The van der Waals surface area contributed by atoms with E-state index in [0.717, 1.165) is 51.0 Å². The monoisotopic (exact) mass is 401 g/mol. The molecule has 29 heavy (non-hydrogen) atoms. The first kappa shape index (κ1) is 21.9. The smallest absolute Gasteiger partial charge is 0.191 e. The van der Waals surface area contributed by atoms with E-state index in [9.17, 15) is 0 Å². The number of anilines is 1. The van der Waals surface area contributed by atoms with E-state index in [4.69, 9.17) is 9.73 Å². The zero-order valence-corrected chi connectivity index (χ0v) is 18.4. The van der Waals surface area contributed by atoms with Gasteiger partial charge in [-0.05, 0) is 68.6 Å². The summed E-state index contributed by atoms with van der Waals surface area (Å²) in [6.07, 6.45) is 12.1. The highest BCUT2D eigenvalue weighted by atomic mass is 16.5. The largest absolute Gasteiger partial charge is 0.385 e. The summed E-state index contributed by atoms with van der Waals surface area (Å²) in [5.41, 5.74) is 1.57. The molecule has 1 aromatic heterocycles. The van der Waals surface area contributed by atoms with Gasteiger partial charge in [0.15, 0.2) is 5.96 Å². The zero-order valence-electron chi connectivity index (χ0n) is 18.4. The molecule has 1 aliphatic heterocycles. The molecule has 2 N–H and O–H groups in total. The van der Waals surface area contributed by atoms with Crippen molar-refractivity contribution >= 4 is 11.8 Å². The quantitative estimate of drug-likeness (QED) is 0.488. The number of guanidine groups is 1. The lowest BCUT2D eigenvalue weighted by Crippen LogP contribution is -2.43. The number of methoxy groups -OCH3 is 1. The van der Waals surface area contributed by atoms with Crippen molar-refractivity contribution < 1.29 is 4.74 Å². The molecule has 0 atom stereocenters. The second kappa shape index (κ2) is 11.4. The summed E-state index contributed by atoms with van der Waals surface area (Å²) < 4.78 is 5.37. The van der Waals surface area contributed by atoms with Gasteiger partial charge in [-0.3, -0.25) is 0 Å². The highest BCUT2D eigenvalue weighted by Gasteiger charge is 2.33. The van der Waals surface area contributed by atoms with Gasteiger partial charge in [-0.15, -0.1) is 0 Å². The highest BCUT2D eigenvalue weighted by Crippen LogP contribution is 2.40. The Hall–Kier alpha value is -1.82. The number of aliphatic imine (C=N–C) groups is 1. The van der Waals surface area contributed by atoms with Crippen LogP contribution >= 0.6 is 0 Å². The summed E-state index contributed by atoms with van der Waals surface area (Å²) in [7, 11) is 1.80. The van der Waals surface area contributed by atoms with Gasteiger partial charge in [0.1, 0.15) is 5.82 Å². The van der Waals surface area contributed by atoms with Crippen LogP contribution in [0.5, 0.6) is 0 Å². The van der Waals surface area contributed by atoms with Crippen LogP contribution < -0.4 is 15.5 Å². The van der Waals surface area contributed by atoms with E-state index < -0.39 is 0 Å². The Labute approximate surface area is 176 Å². The topological polar surface area (TPSA) is 61.8 Å². The molecule has 1 aromatic rings. The third-order valence-electron chi connectivity index (χ3n) is 6.39. The number of hydrogen-bond donors (Lipinski definition) is 2. The molecule has 0 amide bonds. The molecule has 2 heterocycles. The van der Waals surface area contributed by atoms with Crippen molar-refractivity contribution in [1.82, 2.24) is 15.6 Å². The third-order valence-corrected chi connectivity index (χ3v) is 6.39. The van der Waals surface area contributed by atoms with Gasteiger partial charge in [-0.2, -0.15) is 0 Å². The molecule has 0 aromatic carbocycles. The lowest BCUT2D eigenvalue weighted by Gasteiger charge is -2.30. The summed E-state index contributed by atoms with van der Waals surface area (Å²) in [6, 6.07) is 4.28. The van der Waals surface area contributed by atoms with E-state index >= 15 is 0 Å². The van der Waals surface area contributed by atoms with Crippen LogP contribution in [0.3, 0.4) is 0 Å². The van der Waals surface area contributed by atoms with Gasteiger partial charge in [0.05, 0.1) is 6.54 Å². The van der Waals surface area contributed by atoms with E-state index in [0.29, 0.717) is 12.0 Å². The van der Waals surface area contributed by atoms with Gasteiger partial charge in [-0.25, -0.2) is 9.98 Å². The molecule has 0 unspecified atom stereocenters. The molecule has 2 aliphatic rings. The molecular weight excluding hydrogens is 362 g/mol. The molecule has 3 rings (SSSR count). The Morgan fingerprint density at radius 2 is 1.97 bits per heavy atom. The average Bonchev–Trinajstić information content (AvgIpc) is 3.24. The second-order valence-corrected chi connectivity index (χ2v) is 8.57. The van der Waals surface area contributed by atoms with Crippen molar-refractivity contribution in [3.8, 4) is 0 Å². The molecule has 1 saturated carbocycles. The molecular formula is C23H39N5O. The number of piperidine rings is 1. The van der Waals surface area contributed by atoms with Crippen LogP contribution in [0.25, 0.3) is 0 Å². The number of nitrogens with zero attached hydrogens (tertiary/aromatic N) is 3. The molecule has 0 radical (unpaired) electrons. The number of aromatic nitrogens is 1. The minimum absolute atomic E-state index is 0.351. The van der Waals surface area contributed by atoms with Crippen LogP contribution in [0.1, 0.15) is 63.9 Å². The average molecular weight is 402 g/mol. The van der Waals surface area contributed by atoms with Crippen LogP contribution in [0.2, 0.25) is 0 Å². The number of pyridine rings is 1.